The van der Waals surface area contributed by atoms with E-state index >= 15 is 0 Å². The highest BCUT2D eigenvalue weighted by atomic mass is 28.3. The maximum atomic E-state index is 13.7. The lowest BCUT2D eigenvalue weighted by Gasteiger charge is -2.38. The van der Waals surface area contributed by atoms with E-state index in [0.717, 1.165) is 0 Å². The summed E-state index contributed by atoms with van der Waals surface area (Å²) in [6.45, 7) is 18.4. The molecule has 1 aliphatic rings. The van der Waals surface area contributed by atoms with Crippen LogP contribution in [-0.4, -0.2) is 14.0 Å². The third-order valence-electron chi connectivity index (χ3n) is 7.17. The van der Waals surface area contributed by atoms with Crippen LogP contribution in [0.1, 0.15) is 70.1 Å². The fourth-order valence-corrected chi connectivity index (χ4v) is 6.73. The van der Waals surface area contributed by atoms with Crippen molar-refractivity contribution in [3.05, 3.63) is 47.2 Å². The molecule has 0 spiro atoms. The number of hydrogen-bond acceptors (Lipinski definition) is 0. The van der Waals surface area contributed by atoms with Crippen LogP contribution in [0.15, 0.2) is 30.5 Å². The average Bonchev–Trinajstić information content (AvgIpc) is 2.63. The second kappa shape index (κ2) is 7.79. The lowest BCUT2D eigenvalue weighted by atomic mass is 9.69. The molecule has 3 rings (SSSR count). The molecule has 170 valence electrons. The maximum absolute atomic E-state index is 13.7. The van der Waals surface area contributed by atoms with Crippen LogP contribution in [0, 0.1) is 6.92 Å². The first-order chi connectivity index (χ1) is 14.0. The lowest BCUT2D eigenvalue weighted by molar-refractivity contribution is -0.660. The molecule has 0 radical (unpaired) electrons. The second-order valence-electron chi connectivity index (χ2n) is 12.0. The second-order valence-corrected chi connectivity index (χ2v) is 17.1. The number of aryl methyl sites for hydroxylation is 2. The molecule has 0 atom stereocenters. The maximum Gasteiger partial charge on any atom is 0.248 e. The van der Waals surface area contributed by atoms with E-state index in [1.165, 1.54) is 33.1 Å². The standard InChI is InChI=1S/C27H40F2NSi/c1-19-16-20(26(5)12-14-27(28,29)15-13-26)10-11-21(19)23-17-24(31(7,8)9)22(18-30(23)6)25(2,3)4/h10-11,16-18H,12-15H2,1-9H3/q+1. The molecular weight excluding hydrogens is 404 g/mol. The molecule has 0 unspecified atom stereocenters. The van der Waals surface area contributed by atoms with Crippen LogP contribution >= 0.6 is 0 Å². The molecule has 1 fully saturated rings. The lowest BCUT2D eigenvalue weighted by Crippen LogP contribution is -2.47. The Bertz CT molecular complexity index is 970. The van der Waals surface area contributed by atoms with E-state index in [-0.39, 0.29) is 23.7 Å². The van der Waals surface area contributed by atoms with Gasteiger partial charge in [-0.2, -0.15) is 0 Å². The summed E-state index contributed by atoms with van der Waals surface area (Å²) in [6.07, 6.45) is 3.40. The normalized spacial score (nSPS) is 18.8. The molecule has 0 bridgehead atoms. The van der Waals surface area contributed by atoms with E-state index in [9.17, 15) is 8.78 Å². The Morgan fingerprint density at radius 3 is 2.03 bits per heavy atom. The van der Waals surface area contributed by atoms with Crippen molar-refractivity contribution >= 4 is 13.3 Å². The molecule has 1 saturated carbocycles. The van der Waals surface area contributed by atoms with Gasteiger partial charge in [0, 0.05) is 30.0 Å². The van der Waals surface area contributed by atoms with Gasteiger partial charge in [0.25, 0.3) is 0 Å². The van der Waals surface area contributed by atoms with Gasteiger partial charge < -0.3 is 0 Å². The minimum atomic E-state index is -2.50. The molecule has 0 amide bonds. The molecule has 0 saturated heterocycles. The molecule has 4 heteroatoms. The quantitative estimate of drug-likeness (QED) is 0.362. The summed E-state index contributed by atoms with van der Waals surface area (Å²) in [5.74, 6) is -2.50. The van der Waals surface area contributed by atoms with E-state index in [0.29, 0.717) is 12.8 Å². The fraction of sp³-hybridized carbons (Fsp3) is 0.593. The number of benzene rings is 1. The zero-order valence-corrected chi connectivity index (χ0v) is 21.9. The Kier molecular flexibility index (Phi) is 6.06. The van der Waals surface area contributed by atoms with E-state index in [1.807, 2.05) is 0 Å². The SMILES string of the molecule is Cc1cc(C2(C)CCC(F)(F)CC2)ccc1-c1cc([Si](C)(C)C)c(C(C)(C)C)c[n+]1C. The van der Waals surface area contributed by atoms with Crippen LogP contribution in [0.5, 0.6) is 0 Å². The predicted molar refractivity (Wildman–Crippen MR) is 130 cm³/mol. The zero-order valence-electron chi connectivity index (χ0n) is 20.9. The molecule has 31 heavy (non-hydrogen) atoms. The molecule has 0 N–H and O–H groups in total. The minimum absolute atomic E-state index is 0.00685. The molecule has 1 heterocycles. The van der Waals surface area contributed by atoms with Gasteiger partial charge in [-0.25, -0.2) is 13.3 Å². The van der Waals surface area contributed by atoms with Crippen molar-refractivity contribution in [3.63, 3.8) is 0 Å². The minimum Gasteiger partial charge on any atom is -0.207 e. The molecule has 0 aliphatic heterocycles. The van der Waals surface area contributed by atoms with Gasteiger partial charge >= 0.3 is 0 Å². The van der Waals surface area contributed by atoms with Gasteiger partial charge in [0.05, 0.1) is 8.07 Å². The summed E-state index contributed by atoms with van der Waals surface area (Å²) in [7, 11) is 0.595. The Hall–Kier alpha value is -1.55. The first kappa shape index (κ1) is 24.1. The van der Waals surface area contributed by atoms with Crippen molar-refractivity contribution in [1.29, 1.82) is 0 Å². The van der Waals surface area contributed by atoms with Gasteiger partial charge in [0.1, 0.15) is 7.05 Å². The average molecular weight is 445 g/mol. The molecule has 1 nitrogen and oxygen atoms in total. The van der Waals surface area contributed by atoms with E-state index in [1.54, 1.807) is 0 Å². The Morgan fingerprint density at radius 2 is 1.55 bits per heavy atom. The van der Waals surface area contributed by atoms with Crippen molar-refractivity contribution in [2.24, 2.45) is 7.05 Å². The van der Waals surface area contributed by atoms with E-state index in [4.69, 9.17) is 0 Å². The third kappa shape index (κ3) is 4.94. The number of pyridine rings is 1. The largest absolute Gasteiger partial charge is 0.248 e. The summed E-state index contributed by atoms with van der Waals surface area (Å²) >= 11 is 0. The predicted octanol–water partition coefficient (Wildman–Crippen LogP) is 6.80. The highest BCUT2D eigenvalue weighted by molar-refractivity contribution is 6.89. The van der Waals surface area contributed by atoms with Gasteiger partial charge in [-0.3, -0.25) is 0 Å². The number of rotatable bonds is 3. The van der Waals surface area contributed by atoms with Gasteiger partial charge in [-0.05, 0) is 53.0 Å². The highest BCUT2D eigenvalue weighted by Crippen LogP contribution is 2.45. The van der Waals surface area contributed by atoms with Crippen LogP contribution in [-0.2, 0) is 17.9 Å². The molecular formula is C27H40F2NSi+. The number of aromatic nitrogens is 1. The summed E-state index contributed by atoms with van der Waals surface area (Å²) in [5.41, 5.74) is 6.25. The number of hydrogen-bond donors (Lipinski definition) is 0. The van der Waals surface area contributed by atoms with Crippen molar-refractivity contribution < 1.29 is 13.3 Å². The van der Waals surface area contributed by atoms with Gasteiger partial charge in [-0.15, -0.1) is 0 Å². The summed E-state index contributed by atoms with van der Waals surface area (Å²) in [4.78, 5) is 0. The summed E-state index contributed by atoms with van der Waals surface area (Å²) in [5, 5.41) is 1.51. The van der Waals surface area contributed by atoms with Gasteiger partial charge in [0.2, 0.25) is 11.6 Å². The Balaban J connectivity index is 2.06. The summed E-state index contributed by atoms with van der Waals surface area (Å²) < 4.78 is 29.7. The molecule has 2 aromatic rings. The summed E-state index contributed by atoms with van der Waals surface area (Å²) in [6, 6.07) is 9.04. The fourth-order valence-electron chi connectivity index (χ4n) is 4.92. The van der Waals surface area contributed by atoms with Crippen LogP contribution in [0.4, 0.5) is 8.78 Å². The van der Waals surface area contributed by atoms with Crippen LogP contribution in [0.25, 0.3) is 11.3 Å². The number of halogens is 2. The first-order valence-corrected chi connectivity index (χ1v) is 15.1. The molecule has 1 aromatic heterocycles. The van der Waals surface area contributed by atoms with Crippen molar-refractivity contribution in [3.8, 4) is 11.3 Å². The van der Waals surface area contributed by atoms with Crippen molar-refractivity contribution in [2.75, 3.05) is 0 Å². The molecule has 1 aromatic carbocycles. The van der Waals surface area contributed by atoms with Crippen LogP contribution < -0.4 is 9.75 Å². The smallest absolute Gasteiger partial charge is 0.207 e. The number of alkyl halides is 2. The van der Waals surface area contributed by atoms with Gasteiger partial charge in [0.15, 0.2) is 6.20 Å². The first-order valence-electron chi connectivity index (χ1n) is 11.6. The molecule has 1 aliphatic carbocycles. The van der Waals surface area contributed by atoms with E-state index < -0.39 is 14.0 Å². The zero-order chi connectivity index (χ0) is 23.4. The Labute approximate surface area is 188 Å². The van der Waals surface area contributed by atoms with Crippen molar-refractivity contribution in [2.45, 2.75) is 96.7 Å². The van der Waals surface area contributed by atoms with Crippen LogP contribution in [0.2, 0.25) is 19.6 Å². The van der Waals surface area contributed by atoms with Crippen molar-refractivity contribution in [1.82, 2.24) is 0 Å². The Morgan fingerprint density at radius 1 is 0.968 bits per heavy atom. The number of nitrogens with zero attached hydrogens (tertiary/aromatic N) is 1. The topological polar surface area (TPSA) is 3.88 Å². The monoisotopic (exact) mass is 444 g/mol. The highest BCUT2D eigenvalue weighted by Gasteiger charge is 2.41. The van der Waals surface area contributed by atoms with E-state index in [2.05, 4.69) is 96.3 Å². The third-order valence-corrected chi connectivity index (χ3v) is 9.20. The van der Waals surface area contributed by atoms with Gasteiger partial charge in [-0.1, -0.05) is 59.5 Å². The van der Waals surface area contributed by atoms with Crippen LogP contribution in [0.3, 0.4) is 0 Å².